The summed E-state index contributed by atoms with van der Waals surface area (Å²) >= 11 is 0. The number of carbonyl (C=O) groups excluding carboxylic acids is 1. The number of nitrogens with one attached hydrogen (secondary N) is 1. The van der Waals surface area contributed by atoms with Crippen LogP contribution >= 0.6 is 0 Å². The molecule has 0 aromatic heterocycles. The summed E-state index contributed by atoms with van der Waals surface area (Å²) in [5, 5.41) is 3.60. The molecule has 0 radical (unpaired) electrons. The van der Waals surface area contributed by atoms with Gasteiger partial charge in [-0.25, -0.2) is 4.79 Å². The number of hydrogen-bond acceptors (Lipinski definition) is 3. The fourth-order valence-electron chi connectivity index (χ4n) is 2.83. The van der Waals surface area contributed by atoms with Crippen LogP contribution in [0.1, 0.15) is 65.7 Å². The summed E-state index contributed by atoms with van der Waals surface area (Å²) in [6.07, 6.45) is 8.75. The summed E-state index contributed by atoms with van der Waals surface area (Å²) in [5.74, 6) is 0. The number of amides is 1. The number of nitrogens with zero attached hydrogens (tertiary/aromatic N) is 1. The molecule has 2 fully saturated rings. The molecule has 0 bridgehead atoms. The molecule has 0 unspecified atom stereocenters. The van der Waals surface area contributed by atoms with Crippen LogP contribution < -0.4 is 5.32 Å². The Morgan fingerprint density at radius 3 is 2.35 bits per heavy atom. The molecule has 2 rings (SSSR count). The molecule has 0 heterocycles. The van der Waals surface area contributed by atoms with Crippen LogP contribution in [0.25, 0.3) is 0 Å². The predicted molar refractivity (Wildman–Crippen MR) is 80.8 cm³/mol. The van der Waals surface area contributed by atoms with Crippen LogP contribution in [0.5, 0.6) is 0 Å². The smallest absolute Gasteiger partial charge is 0.410 e. The molecule has 0 saturated heterocycles. The molecule has 0 aromatic rings. The Morgan fingerprint density at radius 1 is 1.15 bits per heavy atom. The van der Waals surface area contributed by atoms with Crippen molar-refractivity contribution < 1.29 is 9.53 Å². The lowest BCUT2D eigenvalue weighted by Crippen LogP contribution is -2.43. The zero-order valence-corrected chi connectivity index (χ0v) is 13.3. The van der Waals surface area contributed by atoms with Gasteiger partial charge in [-0.05, 0) is 46.5 Å². The third-order valence-corrected chi connectivity index (χ3v) is 4.01. The quantitative estimate of drug-likeness (QED) is 0.841. The Morgan fingerprint density at radius 2 is 1.80 bits per heavy atom. The van der Waals surface area contributed by atoms with Crippen molar-refractivity contribution in [3.63, 3.8) is 0 Å². The Kier molecular flexibility index (Phi) is 5.30. The van der Waals surface area contributed by atoms with E-state index in [4.69, 9.17) is 4.74 Å². The SMILES string of the molecule is CC(C)(C)OC(=O)N(CCNC1CCCCC1)C1CC1. The highest BCUT2D eigenvalue weighted by Crippen LogP contribution is 2.28. The van der Waals surface area contributed by atoms with Crippen LogP contribution in [-0.2, 0) is 4.74 Å². The molecule has 20 heavy (non-hydrogen) atoms. The average molecular weight is 282 g/mol. The Balaban J connectivity index is 1.73. The highest BCUT2D eigenvalue weighted by atomic mass is 16.6. The largest absolute Gasteiger partial charge is 0.444 e. The van der Waals surface area contributed by atoms with Gasteiger partial charge in [-0.3, -0.25) is 0 Å². The van der Waals surface area contributed by atoms with Gasteiger partial charge < -0.3 is 15.0 Å². The van der Waals surface area contributed by atoms with Crippen molar-refractivity contribution in [1.82, 2.24) is 10.2 Å². The van der Waals surface area contributed by atoms with Crippen molar-refractivity contribution in [2.45, 2.75) is 83.4 Å². The van der Waals surface area contributed by atoms with E-state index >= 15 is 0 Å². The summed E-state index contributed by atoms with van der Waals surface area (Å²) in [5.41, 5.74) is -0.402. The normalized spacial score (nSPS) is 20.8. The van der Waals surface area contributed by atoms with Crippen molar-refractivity contribution in [2.75, 3.05) is 13.1 Å². The fourth-order valence-corrected chi connectivity index (χ4v) is 2.83. The number of ether oxygens (including phenoxy) is 1. The van der Waals surface area contributed by atoms with Crippen LogP contribution in [0.4, 0.5) is 4.79 Å². The first-order valence-corrected chi connectivity index (χ1v) is 8.19. The van der Waals surface area contributed by atoms with Crippen LogP contribution in [0, 0.1) is 0 Å². The van der Waals surface area contributed by atoms with Crippen molar-refractivity contribution in [1.29, 1.82) is 0 Å². The second kappa shape index (κ2) is 6.79. The summed E-state index contributed by atoms with van der Waals surface area (Å²) in [4.78, 5) is 14.1. The lowest BCUT2D eigenvalue weighted by molar-refractivity contribution is 0.0234. The van der Waals surface area contributed by atoms with Gasteiger partial charge in [-0.1, -0.05) is 19.3 Å². The third-order valence-electron chi connectivity index (χ3n) is 4.01. The van der Waals surface area contributed by atoms with E-state index in [9.17, 15) is 4.79 Å². The van der Waals surface area contributed by atoms with E-state index in [0.717, 1.165) is 25.9 Å². The summed E-state index contributed by atoms with van der Waals surface area (Å²) < 4.78 is 5.50. The molecule has 0 atom stereocenters. The summed E-state index contributed by atoms with van der Waals surface area (Å²) in [7, 11) is 0. The minimum atomic E-state index is -0.402. The molecule has 0 aromatic carbocycles. The van der Waals surface area contributed by atoms with Gasteiger partial charge in [0.1, 0.15) is 5.60 Å². The van der Waals surface area contributed by atoms with Gasteiger partial charge in [0.15, 0.2) is 0 Å². The molecule has 0 aliphatic heterocycles. The van der Waals surface area contributed by atoms with E-state index in [1.807, 2.05) is 25.7 Å². The molecule has 0 spiro atoms. The first-order valence-electron chi connectivity index (χ1n) is 8.19. The van der Waals surface area contributed by atoms with E-state index in [1.54, 1.807) is 0 Å². The topological polar surface area (TPSA) is 41.6 Å². The lowest BCUT2D eigenvalue weighted by atomic mass is 9.95. The highest BCUT2D eigenvalue weighted by molar-refractivity contribution is 5.69. The van der Waals surface area contributed by atoms with E-state index in [2.05, 4.69) is 5.32 Å². The van der Waals surface area contributed by atoms with E-state index in [1.165, 1.54) is 32.1 Å². The van der Waals surface area contributed by atoms with E-state index < -0.39 is 5.60 Å². The molecule has 1 N–H and O–H groups in total. The Bertz CT molecular complexity index is 315. The number of carbonyl (C=O) groups is 1. The van der Waals surface area contributed by atoms with Gasteiger partial charge in [0.2, 0.25) is 0 Å². The van der Waals surface area contributed by atoms with Crippen LogP contribution in [-0.4, -0.2) is 41.8 Å². The lowest BCUT2D eigenvalue weighted by Gasteiger charge is -2.29. The first-order chi connectivity index (χ1) is 9.46. The molecule has 2 aliphatic rings. The molecule has 2 aliphatic carbocycles. The number of rotatable bonds is 5. The average Bonchev–Trinajstić information content (AvgIpc) is 3.18. The predicted octanol–water partition coefficient (Wildman–Crippen LogP) is 3.31. The van der Waals surface area contributed by atoms with E-state index in [-0.39, 0.29) is 6.09 Å². The molecule has 4 heteroatoms. The molecular formula is C16H30N2O2. The summed E-state index contributed by atoms with van der Waals surface area (Å²) in [6.45, 7) is 7.44. The Hall–Kier alpha value is -0.770. The highest BCUT2D eigenvalue weighted by Gasteiger charge is 2.34. The second-order valence-electron chi connectivity index (χ2n) is 7.19. The maximum Gasteiger partial charge on any atom is 0.410 e. The number of hydrogen-bond donors (Lipinski definition) is 1. The maximum atomic E-state index is 12.2. The van der Waals surface area contributed by atoms with Crippen molar-refractivity contribution >= 4 is 6.09 Å². The monoisotopic (exact) mass is 282 g/mol. The Labute approximate surface area is 123 Å². The molecule has 4 nitrogen and oxygen atoms in total. The fraction of sp³-hybridized carbons (Fsp3) is 0.938. The minimum absolute atomic E-state index is 0.148. The summed E-state index contributed by atoms with van der Waals surface area (Å²) in [6, 6.07) is 1.07. The van der Waals surface area contributed by atoms with Gasteiger partial charge in [0, 0.05) is 25.2 Å². The molecular weight excluding hydrogens is 252 g/mol. The van der Waals surface area contributed by atoms with Crippen molar-refractivity contribution in [2.24, 2.45) is 0 Å². The van der Waals surface area contributed by atoms with Crippen LogP contribution in [0.3, 0.4) is 0 Å². The van der Waals surface area contributed by atoms with Crippen molar-refractivity contribution in [3.05, 3.63) is 0 Å². The maximum absolute atomic E-state index is 12.2. The van der Waals surface area contributed by atoms with Gasteiger partial charge in [-0.15, -0.1) is 0 Å². The van der Waals surface area contributed by atoms with E-state index in [0.29, 0.717) is 12.1 Å². The van der Waals surface area contributed by atoms with Crippen molar-refractivity contribution in [3.8, 4) is 0 Å². The second-order valence-corrected chi connectivity index (χ2v) is 7.19. The zero-order chi connectivity index (χ0) is 14.6. The van der Waals surface area contributed by atoms with Gasteiger partial charge >= 0.3 is 6.09 Å². The zero-order valence-electron chi connectivity index (χ0n) is 13.3. The minimum Gasteiger partial charge on any atom is -0.444 e. The third kappa shape index (κ3) is 5.31. The molecule has 116 valence electrons. The molecule has 1 amide bonds. The van der Waals surface area contributed by atoms with Crippen LogP contribution in [0.2, 0.25) is 0 Å². The first kappa shape index (κ1) is 15.6. The van der Waals surface area contributed by atoms with Crippen LogP contribution in [0.15, 0.2) is 0 Å². The van der Waals surface area contributed by atoms with Gasteiger partial charge in [0.05, 0.1) is 0 Å². The standard InChI is InChI=1S/C16H30N2O2/c1-16(2,3)20-15(19)18(14-9-10-14)12-11-17-13-7-5-4-6-8-13/h13-14,17H,4-12H2,1-3H3. The van der Waals surface area contributed by atoms with Gasteiger partial charge in [0.25, 0.3) is 0 Å². The molecule has 2 saturated carbocycles. The van der Waals surface area contributed by atoms with Gasteiger partial charge in [-0.2, -0.15) is 0 Å².